The summed E-state index contributed by atoms with van der Waals surface area (Å²) in [5, 5.41) is 7.17. The molecule has 0 unspecified atom stereocenters. The molecule has 0 spiro atoms. The number of fused-ring (bicyclic) bond motifs is 4. The molecule has 0 bridgehead atoms. The first-order chi connectivity index (χ1) is 64.0. The quantitative estimate of drug-likeness (QED) is 0.0258. The Hall–Kier alpha value is -11.3. The van der Waals surface area contributed by atoms with Crippen molar-refractivity contribution in [3.05, 3.63) is 216 Å². The van der Waals surface area contributed by atoms with E-state index in [0.29, 0.717) is 121 Å². The molecule has 8 aromatic heterocycles. The summed E-state index contributed by atoms with van der Waals surface area (Å²) in [7, 11) is -12.1. The molecule has 0 aliphatic heterocycles. The lowest BCUT2D eigenvalue weighted by atomic mass is 10.0. The van der Waals surface area contributed by atoms with Crippen LogP contribution in [0.25, 0.3) is 43.9 Å². The number of furan rings is 4. The molecular weight excluding hydrogens is 1810 g/mol. The molecule has 36 heteroatoms. The number of ether oxygens (including phenoxy) is 1. The Labute approximate surface area is 801 Å². The van der Waals surface area contributed by atoms with Gasteiger partial charge in [-0.25, -0.2) is 38.7 Å². The summed E-state index contributed by atoms with van der Waals surface area (Å²) in [6, 6.07) is 26.7. The minimum atomic E-state index is -4.11. The maximum atomic E-state index is 13.8. The summed E-state index contributed by atoms with van der Waals surface area (Å²) < 4.78 is 147. The van der Waals surface area contributed by atoms with Crippen molar-refractivity contribution in [3.63, 3.8) is 0 Å². The topological polar surface area (TPSA) is 406 Å². The number of nitrogens with one attached hydrogen (secondary N) is 4. The van der Waals surface area contributed by atoms with Crippen LogP contribution in [0.5, 0.6) is 0 Å². The van der Waals surface area contributed by atoms with Crippen LogP contribution < -0.4 is 18.9 Å². The first-order valence-corrected chi connectivity index (χ1v) is 51.9. The van der Waals surface area contributed by atoms with E-state index in [-0.39, 0.29) is 91.1 Å². The van der Waals surface area contributed by atoms with Crippen molar-refractivity contribution in [3.8, 4) is 0 Å². The molecule has 8 heterocycles. The first kappa shape index (κ1) is 108. The van der Waals surface area contributed by atoms with Crippen LogP contribution in [-0.2, 0) is 109 Å². The first-order valence-electron chi connectivity index (χ1n) is 46.0. The molecule has 4 amide bonds. The molecule has 12 rings (SSSR count). The fourth-order valence-electron chi connectivity index (χ4n) is 15.4. The lowest BCUT2D eigenvalue weighted by Gasteiger charge is -2.30. The number of pyridine rings is 2. The van der Waals surface area contributed by atoms with Gasteiger partial charge < -0.3 is 46.6 Å². The summed E-state index contributed by atoms with van der Waals surface area (Å²) in [5.74, 6) is -0.380. The van der Waals surface area contributed by atoms with Crippen LogP contribution in [0.15, 0.2) is 209 Å². The zero-order valence-corrected chi connectivity index (χ0v) is 85.5. The third-order valence-corrected chi connectivity index (χ3v) is 28.1. The Kier molecular flexibility index (Phi) is 38.8. The van der Waals surface area contributed by atoms with Gasteiger partial charge in [-0.3, -0.25) is 38.6 Å². The number of amides is 4. The second-order valence-corrected chi connectivity index (χ2v) is 45.0. The molecule has 0 aliphatic rings. The fourth-order valence-corrected chi connectivity index (χ4v) is 20.4. The molecule has 738 valence electrons. The van der Waals surface area contributed by atoms with E-state index >= 15 is 0 Å². The van der Waals surface area contributed by atoms with E-state index < -0.39 is 82.7 Å². The molecule has 0 fully saturated rings. The van der Waals surface area contributed by atoms with Crippen molar-refractivity contribution in [2.24, 2.45) is 61.4 Å². The van der Waals surface area contributed by atoms with Crippen molar-refractivity contribution < 1.29 is 80.0 Å². The highest BCUT2D eigenvalue weighted by Gasteiger charge is 2.37. The number of carbonyl (C=O) groups is 5. The smallest absolute Gasteiger partial charge is 0.310 e. The number of imidazole rings is 1. The monoisotopic (exact) mass is 1950 g/mol. The van der Waals surface area contributed by atoms with Crippen LogP contribution in [0.4, 0.5) is 0 Å². The van der Waals surface area contributed by atoms with E-state index in [0.717, 1.165) is 39.5 Å². The number of sulfonamides is 4. The van der Waals surface area contributed by atoms with Crippen molar-refractivity contribution >= 4 is 114 Å². The third kappa shape index (κ3) is 31.4. The van der Waals surface area contributed by atoms with Gasteiger partial charge in [-0.15, -0.1) is 0 Å². The molecule has 0 saturated heterocycles. The Morgan fingerprint density at radius 2 is 0.765 bits per heavy atom. The molecule has 136 heavy (non-hydrogen) atoms. The van der Waals surface area contributed by atoms with E-state index in [9.17, 15) is 57.6 Å². The maximum absolute atomic E-state index is 13.8. The number of carbonyl (C=O) groups excluding carboxylic acids is 5. The fraction of sp³-hybridized carbons (Fsp3) is 0.470. The molecule has 0 aliphatic carbocycles. The zero-order valence-electron chi connectivity index (χ0n) is 82.2. The lowest BCUT2D eigenvalue weighted by molar-refractivity contribution is -0.146. The van der Waals surface area contributed by atoms with Crippen LogP contribution in [0.3, 0.4) is 0 Å². The molecule has 4 N–H and O–H groups in total. The number of nitrogens with zero attached hydrogens (tertiary/aromatic N) is 10. The van der Waals surface area contributed by atoms with Crippen LogP contribution in [0.2, 0.25) is 0 Å². The van der Waals surface area contributed by atoms with E-state index in [1.165, 1.54) is 55.4 Å². The lowest BCUT2D eigenvalue weighted by Crippen LogP contribution is -2.52. The Bertz CT molecular complexity index is 6460. The third-order valence-electron chi connectivity index (χ3n) is 22.2. The minimum Gasteiger partial charge on any atom is -0.464 e. The normalized spacial score (nSPS) is 13.0. The summed E-state index contributed by atoms with van der Waals surface area (Å²) in [4.78, 5) is 86.8. The summed E-state index contributed by atoms with van der Waals surface area (Å²) in [5.41, 5.74) is 9.83. The molecule has 4 aromatic carbocycles. The van der Waals surface area contributed by atoms with Gasteiger partial charge in [0.1, 0.15) is 53.1 Å². The molecule has 12 aromatic rings. The standard InChI is InChI=1S/C27H37N3O4S.C26H33N3O6S.C24H34N4O4S.C23H32N4O4S/c1-17(2)12-24(29-35(32,33)23-8-9-26-22(13-23)10-11-34-26)27(31)30(15-18(3)4)16-25-21(7)20(6)19(5)14-28-25;1-18(2)15-29(16-19(3)4)26(31)23(17-35-25(30)12-20-6-5-10-27-14-20)28-36(32,33)22-7-8-24-21(13-22)9-11-34-24;1-16(2)11-22(26-33(30,31)21-7-8-23-19(13-21)9-10-32-23)24(29)28(14-17(3)4)15-20-12-18(5)27(6)25-20;1-16(2)10-21(23(28)27(13-17(3)4)14-19-12-24-15-26(19)5)25-32(29,30)20-6-7-22-18(11-20)8-9-31-22/h8-11,13-14,17-18,24,29H,12,15-16H2,1-7H3;5-11,13-14,18-19,23,28H,12,15-17H2,1-4H3;7-10,12-13,16-17,22,26H,11,14-15H2,1-6H3;6-9,11-12,15-17,21,25H,10,13-14H2,1-5H3/t24-;23-;22-;21-/m0000/s1. The van der Waals surface area contributed by atoms with Gasteiger partial charge in [-0.05, 0) is 226 Å². The highest BCUT2D eigenvalue weighted by atomic mass is 32.2. The summed E-state index contributed by atoms with van der Waals surface area (Å²) in [6.07, 6.45) is 15.5. The zero-order chi connectivity index (χ0) is 100. The number of benzene rings is 4. The van der Waals surface area contributed by atoms with Crippen molar-refractivity contribution in [1.82, 2.24) is 67.8 Å². The maximum Gasteiger partial charge on any atom is 0.310 e. The molecule has 0 saturated carbocycles. The van der Waals surface area contributed by atoms with Crippen LogP contribution >= 0.6 is 0 Å². The number of hydrogen-bond acceptors (Lipinski definition) is 22. The van der Waals surface area contributed by atoms with Crippen LogP contribution in [0, 0.1) is 75.0 Å². The Balaban J connectivity index is 0.000000203. The van der Waals surface area contributed by atoms with Crippen molar-refractivity contribution in [1.29, 1.82) is 0 Å². The number of hydrogen-bond donors (Lipinski definition) is 4. The average Bonchev–Trinajstić information content (AvgIpc) is 1.44. The van der Waals surface area contributed by atoms with E-state index in [1.807, 2.05) is 162 Å². The molecular formula is C100H136N14O18S4. The van der Waals surface area contributed by atoms with Gasteiger partial charge in [0, 0.05) is 98.8 Å². The highest BCUT2D eigenvalue weighted by Crippen LogP contribution is 2.29. The van der Waals surface area contributed by atoms with Gasteiger partial charge >= 0.3 is 5.97 Å². The van der Waals surface area contributed by atoms with E-state index in [2.05, 4.69) is 45.9 Å². The Morgan fingerprint density at radius 3 is 1.10 bits per heavy atom. The van der Waals surface area contributed by atoms with E-state index in [1.54, 1.807) is 128 Å². The SMILES string of the molecule is CC(C)CN(CC(C)C)C(=O)[C@H](COC(=O)Cc1cccnc1)NS(=O)(=O)c1ccc2occc2c1.CC(C)C[C@H](NS(=O)(=O)c1ccc2occc2c1)C(=O)N(Cc1cncn1C)CC(C)C.Cc1cc(CN(CC(C)C)C(=O)[C@H](CC(C)C)NS(=O)(=O)c2ccc3occc3c2)nn1C.Cc1cnc(CN(CC(C)C)C(=O)[C@H](CC(C)C)NS(=O)(=O)c2ccc3occc3c2)c(C)c1C. The highest BCUT2D eigenvalue weighted by molar-refractivity contribution is 7.90. The Morgan fingerprint density at radius 1 is 0.404 bits per heavy atom. The molecule has 4 atom stereocenters. The minimum absolute atomic E-state index is 0.0184. The van der Waals surface area contributed by atoms with Gasteiger partial charge in [0.25, 0.3) is 0 Å². The summed E-state index contributed by atoms with van der Waals surface area (Å²) >= 11 is 0. The second kappa shape index (κ2) is 48.7. The molecule has 32 nitrogen and oxygen atoms in total. The number of aryl methyl sites for hydroxylation is 4. The summed E-state index contributed by atoms with van der Waals surface area (Å²) in [6.45, 7) is 43.0. The van der Waals surface area contributed by atoms with Crippen molar-refractivity contribution in [2.45, 2.75) is 228 Å². The number of aromatic nitrogens is 6. The van der Waals surface area contributed by atoms with Gasteiger partial charge in [0.2, 0.25) is 63.7 Å². The van der Waals surface area contributed by atoms with Gasteiger partial charge in [-0.2, -0.15) is 24.0 Å². The number of rotatable bonds is 42. The predicted molar refractivity (Wildman–Crippen MR) is 525 cm³/mol. The van der Waals surface area contributed by atoms with Crippen LogP contribution in [-0.4, -0.2) is 176 Å². The van der Waals surface area contributed by atoms with Crippen LogP contribution in [0.1, 0.15) is 175 Å². The van der Waals surface area contributed by atoms with E-state index in [4.69, 9.17) is 22.4 Å². The molecule has 0 radical (unpaired) electrons. The number of esters is 1. The predicted octanol–water partition coefficient (Wildman–Crippen LogP) is 15.9. The van der Waals surface area contributed by atoms with Crippen molar-refractivity contribution in [2.75, 3.05) is 39.3 Å². The average molecular weight is 1950 g/mol. The van der Waals surface area contributed by atoms with Gasteiger partial charge in [0.05, 0.1) is 94.1 Å². The largest absolute Gasteiger partial charge is 0.464 e. The van der Waals surface area contributed by atoms with Gasteiger partial charge in [-0.1, -0.05) is 117 Å². The van der Waals surface area contributed by atoms with Gasteiger partial charge in [0.15, 0.2) is 0 Å². The second-order valence-electron chi connectivity index (χ2n) is 38.2.